The SMILES string of the molecule is CCCCCCCCC(CCCC(CC)C(CC)CC(CCCCCC)C(=O)OCCCCCCCCCN(CCCCCCCCCOC(=O)C(CCCC)CCCCCC)CCN(C)CCCCCCCCCO)COC(=O)CCCCCCCN(CCCCCCCC(O)OCC(CCCCCC)CCCCCCCC)CCN(C)CCCCCCO. The molecule has 0 aliphatic carbocycles. The highest BCUT2D eigenvalue weighted by Gasteiger charge is 2.29. The summed E-state index contributed by atoms with van der Waals surface area (Å²) in [5.41, 5.74) is 0. The summed E-state index contributed by atoms with van der Waals surface area (Å²) in [6.45, 7) is 32.8. The number of aliphatic hydroxyl groups is 3. The van der Waals surface area contributed by atoms with Crippen molar-refractivity contribution >= 4 is 17.9 Å². The van der Waals surface area contributed by atoms with Crippen molar-refractivity contribution in [1.82, 2.24) is 19.6 Å². The summed E-state index contributed by atoms with van der Waals surface area (Å²) in [4.78, 5) is 51.1. The minimum Gasteiger partial charge on any atom is -0.465 e. The van der Waals surface area contributed by atoms with E-state index in [1.54, 1.807) is 0 Å². The van der Waals surface area contributed by atoms with E-state index < -0.39 is 6.29 Å². The van der Waals surface area contributed by atoms with Gasteiger partial charge < -0.3 is 53.9 Å². The first kappa shape index (κ1) is 123. The van der Waals surface area contributed by atoms with E-state index in [2.05, 4.69) is 89.1 Å². The zero-order valence-electron chi connectivity index (χ0n) is 85.9. The number of carbonyl (C=O) groups excluding carboxylic acids is 3. The van der Waals surface area contributed by atoms with Gasteiger partial charge in [0.2, 0.25) is 0 Å². The van der Waals surface area contributed by atoms with Gasteiger partial charge in [-0.3, -0.25) is 14.4 Å². The van der Waals surface area contributed by atoms with Crippen LogP contribution < -0.4 is 0 Å². The molecule has 3 N–H and O–H groups in total. The van der Waals surface area contributed by atoms with Gasteiger partial charge in [0.25, 0.3) is 0 Å². The Balaban J connectivity index is 5.33. The molecule has 0 aromatic carbocycles. The van der Waals surface area contributed by atoms with E-state index in [0.717, 1.165) is 219 Å². The molecule has 0 aliphatic heterocycles. The quantitative estimate of drug-likeness (QED) is 0.0228. The maximum Gasteiger partial charge on any atom is 0.308 e. The maximum atomic E-state index is 14.1. The first-order valence-electron chi connectivity index (χ1n) is 56.1. The zero-order chi connectivity index (χ0) is 91.3. The number of unbranched alkanes of at least 4 members (excludes halogenated alkanes) is 49. The van der Waals surface area contributed by atoms with Crippen molar-refractivity contribution in [2.24, 2.45) is 35.5 Å². The fourth-order valence-corrected chi connectivity index (χ4v) is 19.1. The minimum absolute atomic E-state index is 0.0113. The summed E-state index contributed by atoms with van der Waals surface area (Å²) < 4.78 is 24.4. The molecule has 0 bridgehead atoms. The number of aliphatic hydroxyl groups excluding tert-OH is 3. The highest BCUT2D eigenvalue weighted by atomic mass is 16.6. The van der Waals surface area contributed by atoms with Crippen LogP contribution in [0.2, 0.25) is 0 Å². The summed E-state index contributed by atoms with van der Waals surface area (Å²) >= 11 is 0. The molecule has 0 aliphatic rings. The third kappa shape index (κ3) is 83.6. The average Bonchev–Trinajstić information content (AvgIpc) is 0.882. The van der Waals surface area contributed by atoms with Gasteiger partial charge in [-0.15, -0.1) is 0 Å². The Kier molecular flexibility index (Phi) is 96.6. The Hall–Kier alpha value is -1.91. The van der Waals surface area contributed by atoms with Crippen LogP contribution in [0.1, 0.15) is 537 Å². The summed E-state index contributed by atoms with van der Waals surface area (Å²) in [7, 11) is 4.59. The van der Waals surface area contributed by atoms with Crippen LogP contribution in [-0.2, 0) is 33.3 Å². The third-order valence-corrected chi connectivity index (χ3v) is 28.0. The van der Waals surface area contributed by atoms with E-state index in [1.165, 1.54) is 321 Å². The minimum atomic E-state index is -0.633. The molecule has 0 radical (unpaired) electrons. The van der Waals surface area contributed by atoms with Gasteiger partial charge in [0.05, 0.1) is 38.3 Å². The number of hydrogen-bond acceptors (Lipinski definition) is 14. The second-order valence-electron chi connectivity index (χ2n) is 39.9. The number of rotatable bonds is 105. The lowest BCUT2D eigenvalue weighted by atomic mass is 9.77. The number of esters is 3. The Morgan fingerprint density at radius 1 is 0.264 bits per heavy atom. The summed E-state index contributed by atoms with van der Waals surface area (Å²) in [5, 5.41) is 29.2. The summed E-state index contributed by atoms with van der Waals surface area (Å²) in [6.07, 6.45) is 87.6. The highest BCUT2D eigenvalue weighted by molar-refractivity contribution is 5.72. The van der Waals surface area contributed by atoms with E-state index in [4.69, 9.17) is 24.1 Å². The van der Waals surface area contributed by atoms with Crippen LogP contribution in [0, 0.1) is 35.5 Å². The molecule has 0 heterocycles. The van der Waals surface area contributed by atoms with Gasteiger partial charge in [-0.25, -0.2) is 0 Å². The Morgan fingerprint density at radius 3 is 0.968 bits per heavy atom. The fraction of sp³-hybridized carbons (Fsp3) is 0.973. The second kappa shape index (κ2) is 98.1. The monoisotopic (exact) mass is 1770 g/mol. The van der Waals surface area contributed by atoms with Crippen molar-refractivity contribution in [3.63, 3.8) is 0 Å². The number of ether oxygens (including phenoxy) is 4. The van der Waals surface area contributed by atoms with Crippen molar-refractivity contribution < 1.29 is 48.7 Å². The Morgan fingerprint density at radius 2 is 0.568 bits per heavy atom. The number of nitrogens with zero attached hydrogens (tertiary/aromatic N) is 4. The lowest BCUT2D eigenvalue weighted by molar-refractivity contribution is -0.150. The molecule has 0 amide bonds. The molecule has 746 valence electrons. The van der Waals surface area contributed by atoms with E-state index in [0.29, 0.717) is 69.7 Å². The van der Waals surface area contributed by atoms with E-state index >= 15 is 0 Å². The van der Waals surface area contributed by atoms with Gasteiger partial charge in [0.15, 0.2) is 6.29 Å². The van der Waals surface area contributed by atoms with Gasteiger partial charge in [-0.1, -0.05) is 396 Å². The number of carbonyl (C=O) groups is 3. The van der Waals surface area contributed by atoms with Crippen LogP contribution in [-0.4, -0.2) is 178 Å². The maximum absolute atomic E-state index is 14.1. The first-order valence-corrected chi connectivity index (χ1v) is 56.1. The summed E-state index contributed by atoms with van der Waals surface area (Å²) in [5.74, 6) is 2.24. The van der Waals surface area contributed by atoms with Crippen molar-refractivity contribution in [2.45, 2.75) is 543 Å². The Bertz CT molecular complexity index is 2160. The number of hydrogen-bond donors (Lipinski definition) is 3. The number of likely N-dealkylation sites (N-methyl/N-ethyl adjacent to an activating group) is 2. The molecule has 0 aromatic heterocycles. The molecule has 14 heteroatoms. The molecule has 0 aromatic rings. The fourth-order valence-electron chi connectivity index (χ4n) is 19.1. The lowest BCUT2D eigenvalue weighted by Gasteiger charge is -2.29. The van der Waals surface area contributed by atoms with Gasteiger partial charge in [-0.05, 0) is 212 Å². The molecule has 7 unspecified atom stereocenters. The van der Waals surface area contributed by atoms with Crippen LogP contribution in [0.15, 0.2) is 0 Å². The molecule has 125 heavy (non-hydrogen) atoms. The smallest absolute Gasteiger partial charge is 0.308 e. The van der Waals surface area contributed by atoms with Gasteiger partial charge >= 0.3 is 17.9 Å². The Labute approximate surface area is 779 Å². The van der Waals surface area contributed by atoms with Gasteiger partial charge in [0.1, 0.15) is 0 Å². The molecule has 14 nitrogen and oxygen atoms in total. The molecule has 0 saturated carbocycles. The molecule has 0 rings (SSSR count). The van der Waals surface area contributed by atoms with Crippen molar-refractivity contribution in [1.29, 1.82) is 0 Å². The standard InChI is InChI=1S/C111H222N4O10/c1-11-19-25-30-43-58-76-102(75-57-27-21-13-3)100-124-108(118)83-62-45-41-50-68-89-115(94-92-113(10)86-65-52-54-71-96-117)90-69-51-42-46-63-84-109(119)125-101-103(77-59-44-31-26-20-12-2)78-74-82-104(17-7)105(18-8)99-107(81-61-29-23-15-5)111(121)123-98-73-56-40-34-37-49-67-88-114(93-91-112(9)85-64-47-35-32-38-53-70-95-116)87-66-48-36-33-39-55-72-97-122-110(120)106(79-24-16-6)80-60-28-22-14-4/h102-108,116-118H,11-101H2,1-10H3. The molecular weight excluding hydrogens is 1550 g/mol. The molecule has 7 atom stereocenters. The predicted octanol–water partition coefficient (Wildman–Crippen LogP) is 30.5. The van der Waals surface area contributed by atoms with E-state index in [1.807, 2.05) is 0 Å². The molecule has 0 spiro atoms. The van der Waals surface area contributed by atoms with E-state index in [9.17, 15) is 24.6 Å². The van der Waals surface area contributed by atoms with Crippen molar-refractivity contribution in [2.75, 3.05) is 119 Å². The van der Waals surface area contributed by atoms with Gasteiger partial charge in [-0.2, -0.15) is 0 Å². The second-order valence-corrected chi connectivity index (χ2v) is 39.9. The molecular formula is C111H222N4O10. The largest absolute Gasteiger partial charge is 0.465 e. The summed E-state index contributed by atoms with van der Waals surface area (Å²) in [6, 6.07) is 0. The third-order valence-electron chi connectivity index (χ3n) is 28.0. The molecule has 0 fully saturated rings. The predicted molar refractivity (Wildman–Crippen MR) is 539 cm³/mol. The average molecular weight is 1770 g/mol. The van der Waals surface area contributed by atoms with Crippen LogP contribution in [0.4, 0.5) is 0 Å². The van der Waals surface area contributed by atoms with Gasteiger partial charge in [0, 0.05) is 45.8 Å². The van der Waals surface area contributed by atoms with Crippen molar-refractivity contribution in [3.05, 3.63) is 0 Å². The van der Waals surface area contributed by atoms with Crippen LogP contribution in [0.25, 0.3) is 0 Å². The normalized spacial score (nSPS) is 13.7. The van der Waals surface area contributed by atoms with Crippen LogP contribution in [0.5, 0.6) is 0 Å². The zero-order valence-corrected chi connectivity index (χ0v) is 85.9. The molecule has 0 saturated heterocycles. The van der Waals surface area contributed by atoms with Crippen LogP contribution in [0.3, 0.4) is 0 Å². The first-order chi connectivity index (χ1) is 61.3. The lowest BCUT2D eigenvalue weighted by Crippen LogP contribution is -2.35. The van der Waals surface area contributed by atoms with Crippen LogP contribution >= 0.6 is 0 Å². The highest BCUT2D eigenvalue weighted by Crippen LogP contribution is 2.35. The van der Waals surface area contributed by atoms with E-state index in [-0.39, 0.29) is 29.7 Å². The van der Waals surface area contributed by atoms with Crippen molar-refractivity contribution in [3.8, 4) is 0 Å². The topological polar surface area (TPSA) is 162 Å².